The third-order valence-corrected chi connectivity index (χ3v) is 4.48. The van der Waals surface area contributed by atoms with Crippen LogP contribution < -0.4 is 14.8 Å². The molecule has 2 aromatic carbocycles. The molecule has 1 N–H and O–H groups in total. The molecule has 21 heavy (non-hydrogen) atoms. The van der Waals surface area contributed by atoms with E-state index in [1.54, 1.807) is 0 Å². The first kappa shape index (κ1) is 14.9. The molecule has 0 saturated carbocycles. The van der Waals surface area contributed by atoms with Crippen LogP contribution >= 0.6 is 43.5 Å². The predicted molar refractivity (Wildman–Crippen MR) is 86.7 cm³/mol. The Kier molecular flexibility index (Phi) is 4.28. The summed E-state index contributed by atoms with van der Waals surface area (Å²) in [7, 11) is 0. The molecular formula is C14H9Br2ClFNO2. The fourth-order valence-corrected chi connectivity index (χ4v) is 3.59. The number of nitrogens with one attached hydrogen (secondary N) is 1. The van der Waals surface area contributed by atoms with Gasteiger partial charge in [0.2, 0.25) is 6.79 Å². The predicted octanol–water partition coefficient (Wildman–Crippen LogP) is 5.34. The highest BCUT2D eigenvalue weighted by Gasteiger charge is 2.18. The SMILES string of the molecule is Fc1cc(Cl)c(NCc2cc(Br)c3c(c2)OCO3)c(Br)c1. The second-order valence-corrected chi connectivity index (χ2v) is 6.53. The monoisotopic (exact) mass is 435 g/mol. The number of ether oxygens (including phenoxy) is 2. The van der Waals surface area contributed by atoms with Crippen LogP contribution in [-0.2, 0) is 6.54 Å². The van der Waals surface area contributed by atoms with Gasteiger partial charge in [-0.25, -0.2) is 4.39 Å². The van der Waals surface area contributed by atoms with Gasteiger partial charge in [-0.05, 0) is 61.7 Å². The largest absolute Gasteiger partial charge is 0.454 e. The molecule has 0 saturated heterocycles. The molecular weight excluding hydrogens is 428 g/mol. The van der Waals surface area contributed by atoms with E-state index in [0.29, 0.717) is 33.2 Å². The summed E-state index contributed by atoms with van der Waals surface area (Å²) in [5.74, 6) is 1.02. The summed E-state index contributed by atoms with van der Waals surface area (Å²) in [5.41, 5.74) is 1.63. The lowest BCUT2D eigenvalue weighted by molar-refractivity contribution is 0.173. The average molecular weight is 437 g/mol. The summed E-state index contributed by atoms with van der Waals surface area (Å²) in [6.45, 7) is 0.735. The maximum Gasteiger partial charge on any atom is 0.231 e. The van der Waals surface area contributed by atoms with Gasteiger partial charge in [0, 0.05) is 11.0 Å². The maximum absolute atomic E-state index is 13.2. The highest BCUT2D eigenvalue weighted by Crippen LogP contribution is 2.40. The van der Waals surface area contributed by atoms with E-state index in [2.05, 4.69) is 37.2 Å². The summed E-state index contributed by atoms with van der Waals surface area (Å²) >= 11 is 12.8. The zero-order chi connectivity index (χ0) is 15.0. The summed E-state index contributed by atoms with van der Waals surface area (Å²) < 4.78 is 25.3. The lowest BCUT2D eigenvalue weighted by Crippen LogP contribution is -2.01. The van der Waals surface area contributed by atoms with Crippen molar-refractivity contribution in [2.75, 3.05) is 12.1 Å². The number of fused-ring (bicyclic) bond motifs is 1. The van der Waals surface area contributed by atoms with Crippen LogP contribution in [0.5, 0.6) is 11.5 Å². The molecule has 0 amide bonds. The summed E-state index contributed by atoms with van der Waals surface area (Å²) in [6, 6.07) is 6.46. The Bertz CT molecular complexity index is 689. The van der Waals surface area contributed by atoms with E-state index in [-0.39, 0.29) is 12.6 Å². The Labute approximate surface area is 142 Å². The molecule has 110 valence electrons. The first-order chi connectivity index (χ1) is 10.0. The number of hydrogen-bond donors (Lipinski definition) is 1. The fraction of sp³-hybridized carbons (Fsp3) is 0.143. The number of anilines is 1. The molecule has 3 nitrogen and oxygen atoms in total. The van der Waals surface area contributed by atoms with Crippen LogP contribution in [0, 0.1) is 5.82 Å². The number of hydrogen-bond acceptors (Lipinski definition) is 3. The average Bonchev–Trinajstić information content (AvgIpc) is 2.86. The van der Waals surface area contributed by atoms with E-state index in [9.17, 15) is 4.39 Å². The number of halogens is 4. The third kappa shape index (κ3) is 3.12. The van der Waals surface area contributed by atoms with Crippen molar-refractivity contribution in [2.45, 2.75) is 6.54 Å². The minimum atomic E-state index is -0.386. The van der Waals surface area contributed by atoms with Gasteiger partial charge in [-0.2, -0.15) is 0 Å². The lowest BCUT2D eigenvalue weighted by atomic mass is 10.2. The smallest absolute Gasteiger partial charge is 0.231 e. The van der Waals surface area contributed by atoms with Gasteiger partial charge < -0.3 is 14.8 Å². The van der Waals surface area contributed by atoms with Gasteiger partial charge >= 0.3 is 0 Å². The van der Waals surface area contributed by atoms with Crippen molar-refractivity contribution in [3.05, 3.63) is 49.6 Å². The number of rotatable bonds is 3. The first-order valence-corrected chi connectivity index (χ1v) is 7.97. The molecule has 0 aromatic heterocycles. The first-order valence-electron chi connectivity index (χ1n) is 6.01. The normalized spacial score (nSPS) is 12.6. The third-order valence-electron chi connectivity index (χ3n) is 2.96. The van der Waals surface area contributed by atoms with Gasteiger partial charge in [0.05, 0.1) is 15.2 Å². The second kappa shape index (κ2) is 6.02. The van der Waals surface area contributed by atoms with Gasteiger partial charge in [0.15, 0.2) is 11.5 Å². The van der Waals surface area contributed by atoms with Crippen LogP contribution in [0.3, 0.4) is 0 Å². The molecule has 0 aliphatic carbocycles. The number of benzene rings is 2. The molecule has 1 aliphatic heterocycles. The Hall–Kier alpha value is -0.980. The van der Waals surface area contributed by atoms with E-state index in [1.807, 2.05) is 12.1 Å². The van der Waals surface area contributed by atoms with E-state index in [0.717, 1.165) is 10.0 Å². The maximum atomic E-state index is 13.2. The van der Waals surface area contributed by atoms with Crippen LogP contribution in [0.4, 0.5) is 10.1 Å². The van der Waals surface area contributed by atoms with Crippen LogP contribution in [-0.4, -0.2) is 6.79 Å². The Balaban J connectivity index is 1.81. The molecule has 2 aromatic rings. The van der Waals surface area contributed by atoms with Crippen molar-refractivity contribution in [3.8, 4) is 11.5 Å². The van der Waals surface area contributed by atoms with Gasteiger partial charge in [-0.1, -0.05) is 11.6 Å². The molecule has 1 aliphatic rings. The fourth-order valence-electron chi connectivity index (χ4n) is 2.02. The van der Waals surface area contributed by atoms with E-state index in [4.69, 9.17) is 21.1 Å². The molecule has 0 bridgehead atoms. The Morgan fingerprint density at radius 3 is 2.71 bits per heavy atom. The van der Waals surface area contributed by atoms with Crippen LogP contribution in [0.25, 0.3) is 0 Å². The molecule has 1 heterocycles. The summed E-state index contributed by atoms with van der Waals surface area (Å²) in [5, 5.41) is 3.50. The van der Waals surface area contributed by atoms with E-state index >= 15 is 0 Å². The standard InChI is InChI=1S/C14H9Br2ClFNO2/c15-9-3-8(18)4-11(17)13(9)19-5-7-1-10(16)14-12(2-7)20-6-21-14/h1-4,19H,5-6H2. The van der Waals surface area contributed by atoms with Crippen molar-refractivity contribution in [3.63, 3.8) is 0 Å². The van der Waals surface area contributed by atoms with Crippen LogP contribution in [0.15, 0.2) is 33.2 Å². The Morgan fingerprint density at radius 1 is 1.14 bits per heavy atom. The van der Waals surface area contributed by atoms with Crippen molar-refractivity contribution in [1.29, 1.82) is 0 Å². The van der Waals surface area contributed by atoms with E-state index < -0.39 is 0 Å². The topological polar surface area (TPSA) is 30.5 Å². The minimum absolute atomic E-state index is 0.222. The molecule has 0 spiro atoms. The molecule has 0 radical (unpaired) electrons. The van der Waals surface area contributed by atoms with Gasteiger partial charge in [0.1, 0.15) is 5.82 Å². The minimum Gasteiger partial charge on any atom is -0.454 e. The molecule has 7 heteroatoms. The van der Waals surface area contributed by atoms with Gasteiger partial charge in [-0.3, -0.25) is 0 Å². The molecule has 0 fully saturated rings. The van der Waals surface area contributed by atoms with Crippen molar-refractivity contribution in [2.24, 2.45) is 0 Å². The molecule has 0 atom stereocenters. The quantitative estimate of drug-likeness (QED) is 0.703. The van der Waals surface area contributed by atoms with Crippen molar-refractivity contribution >= 4 is 49.1 Å². The summed E-state index contributed by atoms with van der Waals surface area (Å²) in [6.07, 6.45) is 0. The molecule has 3 rings (SSSR count). The Morgan fingerprint density at radius 2 is 1.95 bits per heavy atom. The lowest BCUT2D eigenvalue weighted by Gasteiger charge is -2.12. The zero-order valence-electron chi connectivity index (χ0n) is 10.6. The highest BCUT2D eigenvalue weighted by atomic mass is 79.9. The highest BCUT2D eigenvalue weighted by molar-refractivity contribution is 9.11. The molecule has 0 unspecified atom stereocenters. The van der Waals surface area contributed by atoms with Gasteiger partial charge in [0.25, 0.3) is 0 Å². The van der Waals surface area contributed by atoms with Crippen molar-refractivity contribution in [1.82, 2.24) is 0 Å². The summed E-state index contributed by atoms with van der Waals surface area (Å²) in [4.78, 5) is 0. The van der Waals surface area contributed by atoms with Crippen LogP contribution in [0.1, 0.15) is 5.56 Å². The van der Waals surface area contributed by atoms with Gasteiger partial charge in [-0.15, -0.1) is 0 Å². The van der Waals surface area contributed by atoms with E-state index in [1.165, 1.54) is 12.1 Å². The second-order valence-electron chi connectivity index (χ2n) is 4.41. The zero-order valence-corrected chi connectivity index (χ0v) is 14.5. The van der Waals surface area contributed by atoms with Crippen LogP contribution in [0.2, 0.25) is 5.02 Å². The van der Waals surface area contributed by atoms with Crippen molar-refractivity contribution < 1.29 is 13.9 Å².